The zero-order valence-corrected chi connectivity index (χ0v) is 13.9. The lowest BCUT2D eigenvalue weighted by molar-refractivity contribution is 0.0925. The van der Waals surface area contributed by atoms with E-state index in [4.69, 9.17) is 14.2 Å². The van der Waals surface area contributed by atoms with Gasteiger partial charge in [0.1, 0.15) is 25.6 Å². The largest absolute Gasteiger partial charge is 0.491 e. The molecule has 0 fully saturated rings. The molecule has 0 bridgehead atoms. The molecule has 3 rings (SSSR count). The van der Waals surface area contributed by atoms with Crippen LogP contribution in [0.15, 0.2) is 42.5 Å². The fourth-order valence-corrected chi connectivity index (χ4v) is 2.47. The molecule has 0 aliphatic carbocycles. The number of ether oxygens (including phenoxy) is 3. The molecule has 1 atom stereocenters. The molecule has 1 aliphatic heterocycles. The Labute approximate surface area is 141 Å². The van der Waals surface area contributed by atoms with Crippen molar-refractivity contribution in [1.82, 2.24) is 5.32 Å². The van der Waals surface area contributed by atoms with Gasteiger partial charge in [-0.3, -0.25) is 4.79 Å². The van der Waals surface area contributed by atoms with E-state index in [1.807, 2.05) is 38.1 Å². The third kappa shape index (κ3) is 3.79. The maximum atomic E-state index is 12.4. The van der Waals surface area contributed by atoms with Crippen molar-refractivity contribution in [2.24, 2.45) is 0 Å². The summed E-state index contributed by atoms with van der Waals surface area (Å²) in [4.78, 5) is 12.4. The molecule has 1 aliphatic rings. The number of carbonyl (C=O) groups is 1. The maximum Gasteiger partial charge on any atom is 0.251 e. The first kappa shape index (κ1) is 16.2. The molecule has 5 nitrogen and oxygen atoms in total. The molecule has 0 saturated carbocycles. The Bertz CT molecular complexity index is 729. The van der Waals surface area contributed by atoms with Gasteiger partial charge in [-0.25, -0.2) is 0 Å². The highest BCUT2D eigenvalue weighted by atomic mass is 16.6. The molecule has 1 unspecified atom stereocenters. The van der Waals surface area contributed by atoms with Crippen LogP contribution in [-0.2, 0) is 0 Å². The molecule has 0 spiro atoms. The predicted octanol–water partition coefficient (Wildman–Crippen LogP) is 2.96. The number of benzene rings is 2. The molecule has 1 amide bonds. The average Bonchev–Trinajstić information content (AvgIpc) is 2.60. The van der Waals surface area contributed by atoms with Crippen molar-refractivity contribution in [2.75, 3.05) is 19.8 Å². The van der Waals surface area contributed by atoms with Crippen LogP contribution in [0.4, 0.5) is 0 Å². The van der Waals surface area contributed by atoms with Gasteiger partial charge in [0.25, 0.3) is 5.91 Å². The Morgan fingerprint density at radius 2 is 1.92 bits per heavy atom. The van der Waals surface area contributed by atoms with E-state index in [0.29, 0.717) is 36.9 Å². The normalized spacial score (nSPS) is 13.9. The van der Waals surface area contributed by atoms with Crippen LogP contribution in [0.25, 0.3) is 0 Å². The molecular weight excluding hydrogens is 306 g/mol. The standard InChI is InChI=1S/C19H21NO4/c1-13-5-3-4-6-16(13)24-12-14(2)20-19(21)15-7-8-17-18(11-15)23-10-9-22-17/h3-8,11,14H,9-10,12H2,1-2H3,(H,20,21). The first-order chi connectivity index (χ1) is 11.6. The monoisotopic (exact) mass is 327 g/mol. The summed E-state index contributed by atoms with van der Waals surface area (Å²) < 4.78 is 16.7. The summed E-state index contributed by atoms with van der Waals surface area (Å²) in [6.45, 7) is 5.34. The molecule has 0 radical (unpaired) electrons. The van der Waals surface area contributed by atoms with E-state index in [1.54, 1.807) is 18.2 Å². The molecule has 126 valence electrons. The number of fused-ring (bicyclic) bond motifs is 1. The van der Waals surface area contributed by atoms with Crippen molar-refractivity contribution in [3.63, 3.8) is 0 Å². The van der Waals surface area contributed by atoms with Gasteiger partial charge < -0.3 is 19.5 Å². The third-order valence-corrected chi connectivity index (χ3v) is 3.76. The maximum absolute atomic E-state index is 12.4. The smallest absolute Gasteiger partial charge is 0.251 e. The van der Waals surface area contributed by atoms with E-state index in [1.165, 1.54) is 0 Å². The fraction of sp³-hybridized carbons (Fsp3) is 0.316. The van der Waals surface area contributed by atoms with E-state index in [-0.39, 0.29) is 11.9 Å². The highest BCUT2D eigenvalue weighted by molar-refractivity contribution is 5.95. The third-order valence-electron chi connectivity index (χ3n) is 3.76. The summed E-state index contributed by atoms with van der Waals surface area (Å²) in [6, 6.07) is 12.9. The van der Waals surface area contributed by atoms with Crippen molar-refractivity contribution in [3.05, 3.63) is 53.6 Å². The van der Waals surface area contributed by atoms with Gasteiger partial charge in [-0.2, -0.15) is 0 Å². The quantitative estimate of drug-likeness (QED) is 0.917. The summed E-state index contributed by atoms with van der Waals surface area (Å²) in [6.07, 6.45) is 0. The Hall–Kier alpha value is -2.69. The lowest BCUT2D eigenvalue weighted by Crippen LogP contribution is -2.36. The second kappa shape index (κ2) is 7.25. The van der Waals surface area contributed by atoms with Gasteiger partial charge >= 0.3 is 0 Å². The van der Waals surface area contributed by atoms with Crippen LogP contribution in [0.3, 0.4) is 0 Å². The van der Waals surface area contributed by atoms with E-state index in [0.717, 1.165) is 11.3 Å². The van der Waals surface area contributed by atoms with Crippen molar-refractivity contribution >= 4 is 5.91 Å². The number of para-hydroxylation sites is 1. The van der Waals surface area contributed by atoms with Crippen LogP contribution in [-0.4, -0.2) is 31.8 Å². The van der Waals surface area contributed by atoms with Crippen LogP contribution in [0, 0.1) is 6.92 Å². The van der Waals surface area contributed by atoms with Gasteiger partial charge in [-0.05, 0) is 43.7 Å². The topological polar surface area (TPSA) is 56.8 Å². The minimum atomic E-state index is -0.159. The molecule has 5 heteroatoms. The molecule has 0 saturated heterocycles. The van der Waals surface area contributed by atoms with Crippen molar-refractivity contribution in [3.8, 4) is 17.2 Å². The van der Waals surface area contributed by atoms with Gasteiger partial charge in [0.2, 0.25) is 0 Å². The molecule has 24 heavy (non-hydrogen) atoms. The fourth-order valence-electron chi connectivity index (χ4n) is 2.47. The van der Waals surface area contributed by atoms with E-state index >= 15 is 0 Å². The van der Waals surface area contributed by atoms with E-state index in [9.17, 15) is 4.79 Å². The number of aryl methyl sites for hydroxylation is 1. The van der Waals surface area contributed by atoms with Crippen molar-refractivity contribution in [1.29, 1.82) is 0 Å². The zero-order chi connectivity index (χ0) is 16.9. The number of carbonyl (C=O) groups excluding carboxylic acids is 1. The summed E-state index contributed by atoms with van der Waals surface area (Å²) >= 11 is 0. The minimum Gasteiger partial charge on any atom is -0.491 e. The Kier molecular flexibility index (Phi) is 4.89. The van der Waals surface area contributed by atoms with Crippen molar-refractivity contribution < 1.29 is 19.0 Å². The van der Waals surface area contributed by atoms with Crippen LogP contribution in [0.2, 0.25) is 0 Å². The minimum absolute atomic E-state index is 0.120. The summed E-state index contributed by atoms with van der Waals surface area (Å²) in [5.74, 6) is 1.96. The van der Waals surface area contributed by atoms with Gasteiger partial charge in [-0.1, -0.05) is 18.2 Å². The molecule has 2 aromatic rings. The van der Waals surface area contributed by atoms with Gasteiger partial charge in [-0.15, -0.1) is 0 Å². The lowest BCUT2D eigenvalue weighted by Gasteiger charge is -2.19. The van der Waals surface area contributed by atoms with Gasteiger partial charge in [0.05, 0.1) is 6.04 Å². The Morgan fingerprint density at radius 3 is 2.71 bits per heavy atom. The van der Waals surface area contributed by atoms with Crippen molar-refractivity contribution in [2.45, 2.75) is 19.9 Å². The first-order valence-electron chi connectivity index (χ1n) is 8.02. The predicted molar refractivity (Wildman–Crippen MR) is 91.0 cm³/mol. The second-order valence-electron chi connectivity index (χ2n) is 5.81. The molecule has 0 aromatic heterocycles. The zero-order valence-electron chi connectivity index (χ0n) is 13.9. The molecule has 1 heterocycles. The molecular formula is C19H21NO4. The van der Waals surface area contributed by atoms with Crippen LogP contribution in [0.5, 0.6) is 17.2 Å². The van der Waals surface area contributed by atoms with Gasteiger partial charge in [0.15, 0.2) is 11.5 Å². The summed E-state index contributed by atoms with van der Waals surface area (Å²) in [7, 11) is 0. The second-order valence-corrected chi connectivity index (χ2v) is 5.81. The Morgan fingerprint density at radius 1 is 1.17 bits per heavy atom. The Balaban J connectivity index is 1.57. The van der Waals surface area contributed by atoms with Crippen LogP contribution in [0.1, 0.15) is 22.8 Å². The highest BCUT2D eigenvalue weighted by Crippen LogP contribution is 2.30. The number of rotatable bonds is 5. The number of hydrogen-bond acceptors (Lipinski definition) is 4. The average molecular weight is 327 g/mol. The van der Waals surface area contributed by atoms with Gasteiger partial charge in [0, 0.05) is 5.56 Å². The molecule has 1 N–H and O–H groups in total. The molecule has 2 aromatic carbocycles. The number of amides is 1. The summed E-state index contributed by atoms with van der Waals surface area (Å²) in [5.41, 5.74) is 1.62. The lowest BCUT2D eigenvalue weighted by atomic mass is 10.1. The van der Waals surface area contributed by atoms with E-state index < -0.39 is 0 Å². The number of nitrogens with one attached hydrogen (secondary N) is 1. The van der Waals surface area contributed by atoms with E-state index in [2.05, 4.69) is 5.32 Å². The van der Waals surface area contributed by atoms with Crippen LogP contribution < -0.4 is 19.5 Å². The first-order valence-corrected chi connectivity index (χ1v) is 8.02. The highest BCUT2D eigenvalue weighted by Gasteiger charge is 2.16. The number of hydrogen-bond donors (Lipinski definition) is 1. The SMILES string of the molecule is Cc1ccccc1OCC(C)NC(=O)c1ccc2c(c1)OCCO2. The van der Waals surface area contributed by atoms with Crippen LogP contribution >= 0.6 is 0 Å². The summed E-state index contributed by atoms with van der Waals surface area (Å²) in [5, 5.41) is 2.93.